The molecule has 1 aliphatic heterocycles. The predicted molar refractivity (Wildman–Crippen MR) is 75.9 cm³/mol. The SMILES string of the molecule is C[C@@H]1SCCO[C@]1(Cn1cncn1)c1ccc(F)cc1F. The van der Waals surface area contributed by atoms with E-state index in [0.29, 0.717) is 18.7 Å². The van der Waals surface area contributed by atoms with E-state index >= 15 is 0 Å². The van der Waals surface area contributed by atoms with Crippen molar-refractivity contribution < 1.29 is 13.5 Å². The Hall–Kier alpha value is -1.47. The third-order valence-corrected chi connectivity index (χ3v) is 5.00. The lowest BCUT2D eigenvalue weighted by Crippen LogP contribution is -2.47. The van der Waals surface area contributed by atoms with Crippen LogP contribution in [0.3, 0.4) is 0 Å². The number of ether oxygens (including phenoxy) is 1. The van der Waals surface area contributed by atoms with Crippen LogP contribution >= 0.6 is 11.8 Å². The number of nitrogens with zero attached hydrogens (tertiary/aromatic N) is 3. The van der Waals surface area contributed by atoms with Crippen LogP contribution in [0.5, 0.6) is 0 Å². The number of benzene rings is 1. The molecule has 4 nitrogen and oxygen atoms in total. The first kappa shape index (κ1) is 14.5. The normalized spacial score (nSPS) is 26.0. The summed E-state index contributed by atoms with van der Waals surface area (Å²) in [6.45, 7) is 2.84. The maximum atomic E-state index is 14.3. The maximum absolute atomic E-state index is 14.3. The summed E-state index contributed by atoms with van der Waals surface area (Å²) in [5.74, 6) is -0.337. The van der Waals surface area contributed by atoms with Crippen LogP contribution < -0.4 is 0 Å². The number of thioether (sulfide) groups is 1. The van der Waals surface area contributed by atoms with Gasteiger partial charge in [0.1, 0.15) is 29.9 Å². The minimum absolute atomic E-state index is 0.00964. The first-order valence-electron chi connectivity index (χ1n) is 6.65. The van der Waals surface area contributed by atoms with Crippen molar-refractivity contribution in [3.63, 3.8) is 0 Å². The van der Waals surface area contributed by atoms with Gasteiger partial charge in [-0.25, -0.2) is 18.4 Å². The van der Waals surface area contributed by atoms with Gasteiger partial charge in [0.05, 0.1) is 13.2 Å². The zero-order chi connectivity index (χ0) is 14.9. The van der Waals surface area contributed by atoms with Crippen molar-refractivity contribution >= 4 is 11.8 Å². The van der Waals surface area contributed by atoms with Crippen molar-refractivity contribution in [1.29, 1.82) is 0 Å². The van der Waals surface area contributed by atoms with Crippen molar-refractivity contribution in [3.05, 3.63) is 48.1 Å². The third-order valence-electron chi connectivity index (χ3n) is 3.72. The van der Waals surface area contributed by atoms with Gasteiger partial charge in [-0.2, -0.15) is 16.9 Å². The van der Waals surface area contributed by atoms with Crippen LogP contribution in [0, 0.1) is 11.6 Å². The lowest BCUT2D eigenvalue weighted by atomic mass is 9.89. The van der Waals surface area contributed by atoms with Crippen molar-refractivity contribution in [3.8, 4) is 0 Å². The fourth-order valence-corrected chi connectivity index (χ4v) is 3.72. The van der Waals surface area contributed by atoms with Gasteiger partial charge in [0.25, 0.3) is 0 Å². The molecule has 0 aliphatic carbocycles. The molecular formula is C14H15F2N3OS. The van der Waals surface area contributed by atoms with E-state index in [2.05, 4.69) is 10.1 Å². The lowest BCUT2D eigenvalue weighted by Gasteiger charge is -2.42. The monoisotopic (exact) mass is 311 g/mol. The van der Waals surface area contributed by atoms with Crippen LogP contribution in [0.15, 0.2) is 30.9 Å². The second kappa shape index (κ2) is 5.73. The Morgan fingerprint density at radius 3 is 3.00 bits per heavy atom. The van der Waals surface area contributed by atoms with Crippen molar-refractivity contribution in [2.75, 3.05) is 12.4 Å². The fraction of sp³-hybridized carbons (Fsp3) is 0.429. The lowest BCUT2D eigenvalue weighted by molar-refractivity contribution is -0.0649. The van der Waals surface area contributed by atoms with Crippen molar-refractivity contribution in [1.82, 2.24) is 14.8 Å². The van der Waals surface area contributed by atoms with Crippen LogP contribution in [0.25, 0.3) is 0 Å². The molecule has 0 bridgehead atoms. The summed E-state index contributed by atoms with van der Waals surface area (Å²) in [4.78, 5) is 3.91. The van der Waals surface area contributed by atoms with Gasteiger partial charge in [-0.15, -0.1) is 0 Å². The third kappa shape index (κ3) is 2.67. The molecule has 1 saturated heterocycles. The molecule has 0 spiro atoms. The zero-order valence-electron chi connectivity index (χ0n) is 11.5. The molecule has 0 unspecified atom stereocenters. The van der Waals surface area contributed by atoms with E-state index in [1.165, 1.54) is 18.5 Å². The quantitative estimate of drug-likeness (QED) is 0.873. The number of aromatic nitrogens is 3. The molecule has 0 saturated carbocycles. The van der Waals surface area contributed by atoms with Crippen molar-refractivity contribution in [2.24, 2.45) is 0 Å². The highest BCUT2D eigenvalue weighted by Gasteiger charge is 2.44. The summed E-state index contributed by atoms with van der Waals surface area (Å²) in [7, 11) is 0. The summed E-state index contributed by atoms with van der Waals surface area (Å²) < 4.78 is 35.1. The maximum Gasteiger partial charge on any atom is 0.137 e. The average molecular weight is 311 g/mol. The van der Waals surface area contributed by atoms with Crippen LogP contribution in [-0.4, -0.2) is 32.4 Å². The highest BCUT2D eigenvalue weighted by Crippen LogP contribution is 2.42. The summed E-state index contributed by atoms with van der Waals surface area (Å²) in [5.41, 5.74) is -0.520. The molecule has 112 valence electrons. The molecule has 2 heterocycles. The largest absolute Gasteiger partial charge is 0.366 e. The van der Waals surface area contributed by atoms with Gasteiger partial charge in [-0.05, 0) is 6.07 Å². The van der Waals surface area contributed by atoms with Gasteiger partial charge >= 0.3 is 0 Å². The first-order valence-corrected chi connectivity index (χ1v) is 7.70. The summed E-state index contributed by atoms with van der Waals surface area (Å²) >= 11 is 1.71. The standard InChI is InChI=1S/C14H15F2N3OS/c1-10-14(20-4-5-21-10,7-19-9-17-8-18-19)12-3-2-11(15)6-13(12)16/h2-3,6,8-10H,4-5,7H2,1H3/t10-,14-/m0/s1. The van der Waals surface area contributed by atoms with Gasteiger partial charge in [-0.1, -0.05) is 13.0 Å². The fourth-order valence-electron chi connectivity index (χ4n) is 2.64. The van der Waals surface area contributed by atoms with Gasteiger partial charge in [0.2, 0.25) is 0 Å². The second-order valence-corrected chi connectivity index (χ2v) is 6.42. The van der Waals surface area contributed by atoms with Gasteiger partial charge in [0, 0.05) is 22.6 Å². The number of hydrogen-bond donors (Lipinski definition) is 0. The molecule has 7 heteroatoms. The Kier molecular flexibility index (Phi) is 3.95. The molecule has 1 aromatic heterocycles. The average Bonchev–Trinajstić information content (AvgIpc) is 2.94. The highest BCUT2D eigenvalue weighted by molar-refractivity contribution is 8.00. The van der Waals surface area contributed by atoms with Gasteiger partial charge in [0.15, 0.2) is 0 Å². The minimum atomic E-state index is -0.881. The molecule has 21 heavy (non-hydrogen) atoms. The van der Waals surface area contributed by atoms with Gasteiger partial charge < -0.3 is 4.74 Å². The number of halogens is 2. The van der Waals surface area contributed by atoms with Crippen LogP contribution in [-0.2, 0) is 16.9 Å². The Labute approximate surface area is 125 Å². The Bertz CT molecular complexity index is 623. The summed E-state index contributed by atoms with van der Waals surface area (Å²) in [6.07, 6.45) is 2.99. The topological polar surface area (TPSA) is 39.9 Å². The van der Waals surface area contributed by atoms with Crippen molar-refractivity contribution in [2.45, 2.75) is 24.3 Å². The van der Waals surface area contributed by atoms with Gasteiger partial charge in [-0.3, -0.25) is 0 Å². The zero-order valence-corrected chi connectivity index (χ0v) is 12.3. The molecule has 0 radical (unpaired) electrons. The molecule has 1 aliphatic rings. The van der Waals surface area contributed by atoms with Crippen LogP contribution in [0.4, 0.5) is 8.78 Å². The predicted octanol–water partition coefficient (Wildman–Crippen LogP) is 2.60. The molecule has 3 rings (SSSR count). The molecule has 0 N–H and O–H groups in total. The summed E-state index contributed by atoms with van der Waals surface area (Å²) in [6, 6.07) is 3.62. The molecule has 0 amide bonds. The minimum Gasteiger partial charge on any atom is -0.366 e. The highest BCUT2D eigenvalue weighted by atomic mass is 32.2. The summed E-state index contributed by atoms with van der Waals surface area (Å²) in [5, 5.41) is 4.09. The van der Waals surface area contributed by atoms with E-state index in [1.54, 1.807) is 22.8 Å². The first-order chi connectivity index (χ1) is 10.1. The molecule has 2 aromatic rings. The Balaban J connectivity index is 2.06. The Morgan fingerprint density at radius 1 is 1.48 bits per heavy atom. The van der Waals surface area contributed by atoms with Crippen LogP contribution in [0.2, 0.25) is 0 Å². The van der Waals surface area contributed by atoms with E-state index in [-0.39, 0.29) is 5.25 Å². The smallest absolute Gasteiger partial charge is 0.137 e. The number of rotatable bonds is 3. The van der Waals surface area contributed by atoms with E-state index in [4.69, 9.17) is 4.74 Å². The second-order valence-electron chi connectivity index (χ2n) is 4.97. The molecule has 2 atom stereocenters. The van der Waals surface area contributed by atoms with E-state index in [0.717, 1.165) is 11.8 Å². The number of hydrogen-bond acceptors (Lipinski definition) is 4. The van der Waals surface area contributed by atoms with Crippen LogP contribution in [0.1, 0.15) is 12.5 Å². The molecule has 1 aromatic carbocycles. The molecule has 1 fully saturated rings. The molecular weight excluding hydrogens is 296 g/mol. The van der Waals surface area contributed by atoms with E-state index < -0.39 is 17.2 Å². The van der Waals surface area contributed by atoms with E-state index in [9.17, 15) is 8.78 Å². The van der Waals surface area contributed by atoms with E-state index in [1.807, 2.05) is 6.92 Å². The Morgan fingerprint density at radius 2 is 2.33 bits per heavy atom.